The van der Waals surface area contributed by atoms with E-state index in [0.29, 0.717) is 5.57 Å². The molecule has 3 heteroatoms. The van der Waals surface area contributed by atoms with E-state index in [9.17, 15) is 9.59 Å². The fourth-order valence-electron chi connectivity index (χ4n) is 2.53. The molecule has 0 aliphatic heterocycles. The molecule has 2 aromatic rings. The Bertz CT molecular complexity index is 724. The third kappa shape index (κ3) is 4.90. The van der Waals surface area contributed by atoms with Gasteiger partial charge in [-0.2, -0.15) is 0 Å². The van der Waals surface area contributed by atoms with Crippen molar-refractivity contribution >= 4 is 17.3 Å². The molecule has 0 heterocycles. The molecule has 0 aromatic heterocycles. The number of hydrogen-bond donors (Lipinski definition) is 0. The Morgan fingerprint density at radius 2 is 1.28 bits per heavy atom. The molecule has 0 radical (unpaired) electrons. The smallest absolute Gasteiger partial charge is 0.342 e. The van der Waals surface area contributed by atoms with Gasteiger partial charge >= 0.3 is 5.97 Å². The van der Waals surface area contributed by atoms with E-state index in [1.54, 1.807) is 27.7 Å². The molecule has 0 fully saturated rings. The molecule has 130 valence electrons. The van der Waals surface area contributed by atoms with Crippen LogP contribution in [-0.2, 0) is 14.3 Å². The highest BCUT2D eigenvalue weighted by molar-refractivity contribution is 6.24. The molecule has 0 aliphatic rings. The van der Waals surface area contributed by atoms with Crippen LogP contribution in [0.2, 0.25) is 0 Å². The van der Waals surface area contributed by atoms with Gasteiger partial charge in [0.1, 0.15) is 11.2 Å². The monoisotopic (exact) mass is 336 g/mol. The second-order valence-corrected chi connectivity index (χ2v) is 6.76. The van der Waals surface area contributed by atoms with E-state index in [0.717, 1.165) is 11.1 Å². The number of carbonyl (C=O) groups is 2. The van der Waals surface area contributed by atoms with Crippen molar-refractivity contribution in [1.29, 1.82) is 0 Å². The number of carbonyl (C=O) groups excluding carboxylic acids is 2. The summed E-state index contributed by atoms with van der Waals surface area (Å²) in [7, 11) is 0. The maximum Gasteiger partial charge on any atom is 0.342 e. The van der Waals surface area contributed by atoms with Crippen molar-refractivity contribution in [1.82, 2.24) is 0 Å². The summed E-state index contributed by atoms with van der Waals surface area (Å²) >= 11 is 0. The second-order valence-electron chi connectivity index (χ2n) is 6.76. The van der Waals surface area contributed by atoms with Crippen LogP contribution in [0.3, 0.4) is 0 Å². The van der Waals surface area contributed by atoms with Gasteiger partial charge in [-0.25, -0.2) is 4.79 Å². The first-order chi connectivity index (χ1) is 11.8. The predicted octanol–water partition coefficient (Wildman–Crippen LogP) is 4.81. The quantitative estimate of drug-likeness (QED) is 0.341. The maximum atomic E-state index is 12.8. The molecule has 0 unspecified atom stereocenters. The SMILES string of the molecule is CCC(=O)C(C(=O)OC(C)(C)C)=C(c1ccccc1)c1ccccc1. The lowest BCUT2D eigenvalue weighted by molar-refractivity contribution is -0.150. The van der Waals surface area contributed by atoms with Crippen LogP contribution in [0.5, 0.6) is 0 Å². The summed E-state index contributed by atoms with van der Waals surface area (Å²) in [6.07, 6.45) is 0.234. The Kier molecular flexibility index (Phi) is 5.92. The minimum atomic E-state index is -0.672. The molecule has 0 amide bonds. The first-order valence-corrected chi connectivity index (χ1v) is 8.45. The van der Waals surface area contributed by atoms with Crippen LogP contribution in [0, 0.1) is 0 Å². The van der Waals surface area contributed by atoms with Gasteiger partial charge in [0, 0.05) is 12.0 Å². The van der Waals surface area contributed by atoms with Gasteiger partial charge < -0.3 is 4.74 Å². The molecule has 0 spiro atoms. The van der Waals surface area contributed by atoms with Crippen LogP contribution in [0.4, 0.5) is 0 Å². The van der Waals surface area contributed by atoms with Crippen molar-refractivity contribution in [2.45, 2.75) is 39.7 Å². The fraction of sp³-hybridized carbons (Fsp3) is 0.273. The highest BCUT2D eigenvalue weighted by atomic mass is 16.6. The highest BCUT2D eigenvalue weighted by Gasteiger charge is 2.28. The van der Waals surface area contributed by atoms with E-state index in [1.165, 1.54) is 0 Å². The first kappa shape index (κ1) is 18.7. The van der Waals surface area contributed by atoms with Crippen molar-refractivity contribution in [2.24, 2.45) is 0 Å². The van der Waals surface area contributed by atoms with Gasteiger partial charge in [0.05, 0.1) is 0 Å². The Labute approximate surface area is 149 Å². The van der Waals surface area contributed by atoms with Gasteiger partial charge in [-0.15, -0.1) is 0 Å². The average molecular weight is 336 g/mol. The largest absolute Gasteiger partial charge is 0.456 e. The molecule has 2 rings (SSSR count). The molecule has 0 atom stereocenters. The summed E-state index contributed by atoms with van der Waals surface area (Å²) in [5.41, 5.74) is 1.68. The number of ketones is 1. The minimum absolute atomic E-state index is 0.106. The zero-order valence-corrected chi connectivity index (χ0v) is 15.2. The molecule has 2 aromatic carbocycles. The van der Waals surface area contributed by atoms with Crippen LogP contribution in [-0.4, -0.2) is 17.4 Å². The maximum absolute atomic E-state index is 12.8. The average Bonchev–Trinajstić information content (AvgIpc) is 2.58. The van der Waals surface area contributed by atoms with E-state index in [-0.39, 0.29) is 17.8 Å². The van der Waals surface area contributed by atoms with Crippen LogP contribution < -0.4 is 0 Å². The van der Waals surface area contributed by atoms with Crippen LogP contribution >= 0.6 is 0 Å². The third-order valence-corrected chi connectivity index (χ3v) is 3.58. The summed E-state index contributed by atoms with van der Waals surface area (Å²) in [6, 6.07) is 19.0. The van der Waals surface area contributed by atoms with Crippen molar-refractivity contribution in [3.63, 3.8) is 0 Å². The molecule has 0 saturated heterocycles. The molecule has 0 aliphatic carbocycles. The number of rotatable bonds is 5. The van der Waals surface area contributed by atoms with Crippen LogP contribution in [0.1, 0.15) is 45.2 Å². The highest BCUT2D eigenvalue weighted by Crippen LogP contribution is 2.29. The summed E-state index contributed by atoms with van der Waals surface area (Å²) in [6.45, 7) is 7.14. The summed E-state index contributed by atoms with van der Waals surface area (Å²) in [5.74, 6) is -0.806. The van der Waals surface area contributed by atoms with Gasteiger partial charge in [-0.05, 0) is 31.9 Å². The number of esters is 1. The lowest BCUT2D eigenvalue weighted by Gasteiger charge is -2.22. The Morgan fingerprint density at radius 1 is 0.840 bits per heavy atom. The van der Waals surface area contributed by atoms with E-state index in [4.69, 9.17) is 4.74 Å². The predicted molar refractivity (Wildman–Crippen MR) is 100 cm³/mol. The molecule has 25 heavy (non-hydrogen) atoms. The molecule has 0 saturated carbocycles. The van der Waals surface area contributed by atoms with Crippen molar-refractivity contribution in [3.8, 4) is 0 Å². The lowest BCUT2D eigenvalue weighted by Crippen LogP contribution is -2.28. The van der Waals surface area contributed by atoms with Gasteiger partial charge in [-0.3, -0.25) is 4.79 Å². The number of ether oxygens (including phenoxy) is 1. The Morgan fingerprint density at radius 3 is 1.64 bits per heavy atom. The van der Waals surface area contributed by atoms with Gasteiger partial charge in [-0.1, -0.05) is 67.6 Å². The van der Waals surface area contributed by atoms with Gasteiger partial charge in [0.15, 0.2) is 5.78 Å². The van der Waals surface area contributed by atoms with Crippen LogP contribution in [0.15, 0.2) is 66.2 Å². The topological polar surface area (TPSA) is 43.4 Å². The van der Waals surface area contributed by atoms with Crippen molar-refractivity contribution in [2.75, 3.05) is 0 Å². The number of Topliss-reactive ketones (excluding diaryl/α,β-unsaturated/α-hetero) is 1. The van der Waals surface area contributed by atoms with Gasteiger partial charge in [0.25, 0.3) is 0 Å². The molecule has 0 N–H and O–H groups in total. The second kappa shape index (κ2) is 7.93. The first-order valence-electron chi connectivity index (χ1n) is 8.45. The standard InChI is InChI=1S/C22H24O3/c1-5-18(23)20(21(24)25-22(2,3)4)19(16-12-8-6-9-13-16)17-14-10-7-11-15-17/h6-15H,5H2,1-4H3. The van der Waals surface area contributed by atoms with E-state index in [1.807, 2.05) is 60.7 Å². The molecular formula is C22H24O3. The zero-order chi connectivity index (χ0) is 18.4. The molecule has 3 nitrogen and oxygen atoms in total. The molecule has 0 bridgehead atoms. The summed E-state index contributed by atoms with van der Waals surface area (Å²) < 4.78 is 5.53. The molecular weight excluding hydrogens is 312 g/mol. The van der Waals surface area contributed by atoms with Crippen molar-refractivity contribution < 1.29 is 14.3 Å². The van der Waals surface area contributed by atoms with Gasteiger partial charge in [0.2, 0.25) is 0 Å². The Balaban J connectivity index is 2.74. The van der Waals surface area contributed by atoms with Crippen LogP contribution in [0.25, 0.3) is 5.57 Å². The fourth-order valence-corrected chi connectivity index (χ4v) is 2.53. The zero-order valence-electron chi connectivity index (χ0n) is 15.2. The third-order valence-electron chi connectivity index (χ3n) is 3.58. The van der Waals surface area contributed by atoms with Crippen molar-refractivity contribution in [3.05, 3.63) is 77.4 Å². The summed E-state index contributed by atoms with van der Waals surface area (Å²) in [4.78, 5) is 25.5. The van der Waals surface area contributed by atoms with E-state index >= 15 is 0 Å². The Hall–Kier alpha value is -2.68. The van der Waals surface area contributed by atoms with E-state index < -0.39 is 11.6 Å². The lowest BCUT2D eigenvalue weighted by atomic mass is 9.90. The van der Waals surface area contributed by atoms with E-state index in [2.05, 4.69) is 0 Å². The number of hydrogen-bond acceptors (Lipinski definition) is 3. The number of benzene rings is 2. The minimum Gasteiger partial charge on any atom is -0.456 e. The summed E-state index contributed by atoms with van der Waals surface area (Å²) in [5, 5.41) is 0. The normalized spacial score (nSPS) is 10.9.